The van der Waals surface area contributed by atoms with Crippen LogP contribution >= 0.6 is 8.58 Å². The molecule has 1 aromatic carbocycles. The number of hydrogen-bond donors (Lipinski definition) is 0. The van der Waals surface area contributed by atoms with Crippen LogP contribution < -0.4 is 0 Å². The van der Waals surface area contributed by atoms with Gasteiger partial charge in [0.15, 0.2) is 0 Å². The molecule has 0 saturated carbocycles. The van der Waals surface area contributed by atoms with Crippen molar-refractivity contribution in [1.29, 1.82) is 0 Å². The molecule has 0 nitrogen and oxygen atoms in total. The minimum atomic E-state index is 1.17. The molecule has 1 aliphatic rings. The van der Waals surface area contributed by atoms with Crippen molar-refractivity contribution in [1.82, 2.24) is 0 Å². The molecule has 0 aromatic heterocycles. The van der Waals surface area contributed by atoms with Crippen LogP contribution in [0.5, 0.6) is 0 Å². The van der Waals surface area contributed by atoms with Gasteiger partial charge in [-0.05, 0) is 29.9 Å². The second-order valence-corrected chi connectivity index (χ2v) is 4.05. The van der Waals surface area contributed by atoms with Crippen molar-refractivity contribution in [3.63, 3.8) is 0 Å². The first kappa shape index (κ1) is 6.37. The minimum Gasteiger partial charge on any atom is -0.117 e. The predicted octanol–water partition coefficient (Wildman–Crippen LogP) is 2.42. The molecule has 0 N–H and O–H groups in total. The molecule has 1 aliphatic heterocycles. The van der Waals surface area contributed by atoms with Gasteiger partial charge in [-0.2, -0.15) is 0 Å². The molecule has 1 unspecified atom stereocenters. The third kappa shape index (κ3) is 1.09. The summed E-state index contributed by atoms with van der Waals surface area (Å²) in [4.78, 5) is 0. The highest BCUT2D eigenvalue weighted by Crippen LogP contribution is 2.28. The Bertz CT molecular complexity index is 205. The van der Waals surface area contributed by atoms with Gasteiger partial charge in [0.1, 0.15) is 0 Å². The smallest absolute Gasteiger partial charge is 0.00978 e. The lowest BCUT2D eigenvalue weighted by Crippen LogP contribution is -1.99. The first-order chi connectivity index (χ1) is 4.97. The number of aryl methyl sites for hydroxylation is 1. The highest BCUT2D eigenvalue weighted by molar-refractivity contribution is 7.37. The van der Waals surface area contributed by atoms with E-state index in [2.05, 4.69) is 24.3 Å². The van der Waals surface area contributed by atoms with E-state index >= 15 is 0 Å². The molecule has 1 heterocycles. The third-order valence-corrected chi connectivity index (χ3v) is 3.24. The Kier molecular flexibility index (Phi) is 1.73. The molecule has 1 aromatic rings. The maximum atomic E-state index is 2.27. The van der Waals surface area contributed by atoms with Crippen molar-refractivity contribution in [3.8, 4) is 0 Å². The third-order valence-electron chi connectivity index (χ3n) is 2.00. The van der Waals surface area contributed by atoms with E-state index in [4.69, 9.17) is 0 Å². The summed E-state index contributed by atoms with van der Waals surface area (Å²) in [6, 6.07) is 8.82. The Hall–Kier alpha value is -0.350. The van der Waals surface area contributed by atoms with Gasteiger partial charge in [-0.15, -0.1) is 8.58 Å². The maximum Gasteiger partial charge on any atom is -0.00978 e. The topological polar surface area (TPSA) is 0 Å². The zero-order chi connectivity index (χ0) is 6.81. The Morgan fingerprint density at radius 1 is 1.10 bits per heavy atom. The van der Waals surface area contributed by atoms with E-state index in [0.29, 0.717) is 0 Å². The standard InChI is InChI=1S/C9H11P/c1-2-4-9-7-10-6-5-8(9)3-1/h1-4,10H,5-7H2. The van der Waals surface area contributed by atoms with Gasteiger partial charge in [0.05, 0.1) is 0 Å². The molecule has 52 valence electrons. The summed E-state index contributed by atoms with van der Waals surface area (Å²) in [6.45, 7) is 0. The van der Waals surface area contributed by atoms with Gasteiger partial charge in [-0.1, -0.05) is 24.3 Å². The Morgan fingerprint density at radius 2 is 1.90 bits per heavy atom. The molecule has 10 heavy (non-hydrogen) atoms. The quantitative estimate of drug-likeness (QED) is 0.498. The fourth-order valence-electron chi connectivity index (χ4n) is 1.42. The van der Waals surface area contributed by atoms with E-state index in [1.165, 1.54) is 27.3 Å². The summed E-state index contributed by atoms with van der Waals surface area (Å²) in [5, 5.41) is 0. The van der Waals surface area contributed by atoms with Gasteiger partial charge in [0.25, 0.3) is 0 Å². The molecule has 0 fully saturated rings. The van der Waals surface area contributed by atoms with Crippen LogP contribution in [0.2, 0.25) is 0 Å². The van der Waals surface area contributed by atoms with Crippen molar-refractivity contribution in [2.75, 3.05) is 6.16 Å². The molecule has 2 rings (SSSR count). The van der Waals surface area contributed by atoms with Gasteiger partial charge in [0.2, 0.25) is 0 Å². The maximum absolute atomic E-state index is 2.27. The van der Waals surface area contributed by atoms with Crippen LogP contribution in [0.15, 0.2) is 24.3 Å². The minimum absolute atomic E-state index is 1.17. The van der Waals surface area contributed by atoms with Crippen LogP contribution in [-0.2, 0) is 12.6 Å². The second-order valence-electron chi connectivity index (χ2n) is 2.70. The van der Waals surface area contributed by atoms with E-state index in [0.717, 1.165) is 0 Å². The average molecular weight is 150 g/mol. The lowest BCUT2D eigenvalue weighted by Gasteiger charge is -2.14. The van der Waals surface area contributed by atoms with Crippen LogP contribution in [0, 0.1) is 0 Å². The fourth-order valence-corrected chi connectivity index (χ4v) is 2.66. The summed E-state index contributed by atoms with van der Waals surface area (Å²) in [5.41, 5.74) is 3.17. The van der Waals surface area contributed by atoms with Crippen LogP contribution in [0.25, 0.3) is 0 Å². The van der Waals surface area contributed by atoms with E-state index in [1.54, 1.807) is 11.1 Å². The predicted molar refractivity (Wildman–Crippen MR) is 47.0 cm³/mol. The molecule has 0 bridgehead atoms. The van der Waals surface area contributed by atoms with E-state index in [9.17, 15) is 0 Å². The largest absolute Gasteiger partial charge is 0.117 e. The summed E-state index contributed by atoms with van der Waals surface area (Å²) in [5.74, 6) is 0. The first-order valence-corrected chi connectivity index (χ1v) is 5.16. The highest BCUT2D eigenvalue weighted by atomic mass is 31.1. The van der Waals surface area contributed by atoms with Gasteiger partial charge >= 0.3 is 0 Å². The fraction of sp³-hybridized carbons (Fsp3) is 0.333. The number of hydrogen-bond acceptors (Lipinski definition) is 0. The van der Waals surface area contributed by atoms with E-state index in [-0.39, 0.29) is 0 Å². The zero-order valence-electron chi connectivity index (χ0n) is 5.93. The number of fused-ring (bicyclic) bond motifs is 1. The van der Waals surface area contributed by atoms with Gasteiger partial charge in [-0.3, -0.25) is 0 Å². The molecular formula is C9H11P. The zero-order valence-corrected chi connectivity index (χ0v) is 6.93. The van der Waals surface area contributed by atoms with Crippen molar-refractivity contribution < 1.29 is 0 Å². The molecule has 0 radical (unpaired) electrons. The van der Waals surface area contributed by atoms with Gasteiger partial charge < -0.3 is 0 Å². The SMILES string of the molecule is c1ccc2c(c1)CCPC2. The van der Waals surface area contributed by atoms with Crippen molar-refractivity contribution in [2.24, 2.45) is 0 Å². The lowest BCUT2D eigenvalue weighted by atomic mass is 10.1. The monoisotopic (exact) mass is 150 g/mol. The van der Waals surface area contributed by atoms with Gasteiger partial charge in [-0.25, -0.2) is 0 Å². The van der Waals surface area contributed by atoms with E-state index < -0.39 is 0 Å². The van der Waals surface area contributed by atoms with Crippen molar-refractivity contribution in [3.05, 3.63) is 35.4 Å². The molecule has 0 saturated heterocycles. The first-order valence-electron chi connectivity index (χ1n) is 3.74. The summed E-state index contributed by atoms with van der Waals surface area (Å²) >= 11 is 0. The Morgan fingerprint density at radius 3 is 2.70 bits per heavy atom. The molecule has 1 atom stereocenters. The molecule has 1 heteroatoms. The Labute approximate surface area is 63.4 Å². The summed E-state index contributed by atoms with van der Waals surface area (Å²) < 4.78 is 0. The average Bonchev–Trinajstić information content (AvgIpc) is 2.05. The van der Waals surface area contributed by atoms with Crippen molar-refractivity contribution in [2.45, 2.75) is 12.6 Å². The van der Waals surface area contributed by atoms with Gasteiger partial charge in [0, 0.05) is 0 Å². The highest BCUT2D eigenvalue weighted by Gasteiger charge is 2.05. The molecular weight excluding hydrogens is 139 g/mol. The Balaban J connectivity index is 2.41. The normalized spacial score (nSPS) is 18.8. The van der Waals surface area contributed by atoms with Crippen LogP contribution in [0.4, 0.5) is 0 Å². The summed E-state index contributed by atoms with van der Waals surface area (Å²) in [7, 11) is 1.17. The molecule has 0 spiro atoms. The lowest BCUT2D eigenvalue weighted by molar-refractivity contribution is 1.08. The second kappa shape index (κ2) is 2.72. The molecule has 0 aliphatic carbocycles. The number of benzene rings is 1. The van der Waals surface area contributed by atoms with Crippen LogP contribution in [0.3, 0.4) is 0 Å². The van der Waals surface area contributed by atoms with E-state index in [1.807, 2.05) is 0 Å². The number of rotatable bonds is 0. The molecule has 0 amide bonds. The van der Waals surface area contributed by atoms with Crippen molar-refractivity contribution >= 4 is 8.58 Å². The summed E-state index contributed by atoms with van der Waals surface area (Å²) in [6.07, 6.45) is 4.06. The van der Waals surface area contributed by atoms with Crippen LogP contribution in [-0.4, -0.2) is 6.16 Å². The van der Waals surface area contributed by atoms with Crippen LogP contribution in [0.1, 0.15) is 11.1 Å².